The average molecular weight is 337 g/mol. The maximum atomic E-state index is 11.9. The van der Waals surface area contributed by atoms with Crippen LogP contribution in [-0.2, 0) is 0 Å². The van der Waals surface area contributed by atoms with E-state index in [0.29, 0.717) is 0 Å². The monoisotopic (exact) mass is 337 g/mol. The smallest absolute Gasteiger partial charge is 0.315 e. The van der Waals surface area contributed by atoms with Crippen LogP contribution in [0, 0.1) is 0 Å². The number of rotatable bonds is 6. The molecule has 1 unspecified atom stereocenters. The first-order valence-corrected chi connectivity index (χ1v) is 9.04. The minimum Gasteiger partial charge on any atom is -0.386 e. The number of nitrogens with one attached hydrogen (secondary N) is 2. The van der Waals surface area contributed by atoms with E-state index in [2.05, 4.69) is 35.5 Å². The molecule has 1 aliphatic rings. The van der Waals surface area contributed by atoms with Crippen molar-refractivity contribution in [3.63, 3.8) is 0 Å². The zero-order valence-electron chi connectivity index (χ0n) is 13.9. The highest BCUT2D eigenvalue weighted by Gasteiger charge is 2.20. The SMILES string of the molecule is CC(C)=CCN1CCC(NC(=O)NCC(O)c2cccs2)CC1. The summed E-state index contributed by atoms with van der Waals surface area (Å²) in [5, 5.41) is 17.6. The van der Waals surface area contributed by atoms with Crippen LogP contribution in [0.15, 0.2) is 29.2 Å². The van der Waals surface area contributed by atoms with E-state index < -0.39 is 6.10 Å². The van der Waals surface area contributed by atoms with Gasteiger partial charge in [0.25, 0.3) is 0 Å². The van der Waals surface area contributed by atoms with Crippen molar-refractivity contribution < 1.29 is 9.90 Å². The van der Waals surface area contributed by atoms with E-state index >= 15 is 0 Å². The van der Waals surface area contributed by atoms with Crippen LogP contribution >= 0.6 is 11.3 Å². The number of aliphatic hydroxyl groups is 1. The van der Waals surface area contributed by atoms with Gasteiger partial charge in [0.2, 0.25) is 0 Å². The fourth-order valence-electron chi connectivity index (χ4n) is 2.58. The molecule has 5 nitrogen and oxygen atoms in total. The highest BCUT2D eigenvalue weighted by molar-refractivity contribution is 7.10. The van der Waals surface area contributed by atoms with Crippen molar-refractivity contribution in [2.75, 3.05) is 26.2 Å². The van der Waals surface area contributed by atoms with E-state index in [-0.39, 0.29) is 18.6 Å². The number of amides is 2. The number of carbonyl (C=O) groups excluding carboxylic acids is 1. The molecule has 1 aromatic rings. The molecule has 0 radical (unpaired) electrons. The number of allylic oxidation sites excluding steroid dienone is 1. The summed E-state index contributed by atoms with van der Waals surface area (Å²) in [5.41, 5.74) is 1.34. The number of thiophene rings is 1. The van der Waals surface area contributed by atoms with E-state index in [1.54, 1.807) is 0 Å². The first-order chi connectivity index (χ1) is 11.0. The van der Waals surface area contributed by atoms with Crippen LogP contribution in [-0.4, -0.2) is 48.3 Å². The Bertz CT molecular complexity index is 504. The first kappa shape index (κ1) is 18.0. The van der Waals surface area contributed by atoms with Gasteiger partial charge < -0.3 is 15.7 Å². The summed E-state index contributed by atoms with van der Waals surface area (Å²) in [6, 6.07) is 3.80. The van der Waals surface area contributed by atoms with Gasteiger partial charge >= 0.3 is 6.03 Å². The molecule has 0 bridgehead atoms. The molecule has 1 fully saturated rings. The highest BCUT2D eigenvalue weighted by atomic mass is 32.1. The van der Waals surface area contributed by atoms with E-state index in [9.17, 15) is 9.90 Å². The van der Waals surface area contributed by atoms with Crippen LogP contribution in [0.25, 0.3) is 0 Å². The summed E-state index contributed by atoms with van der Waals surface area (Å²) >= 11 is 1.49. The number of urea groups is 1. The van der Waals surface area contributed by atoms with Gasteiger partial charge in [-0.15, -0.1) is 11.3 Å². The van der Waals surface area contributed by atoms with E-state index in [0.717, 1.165) is 37.4 Å². The van der Waals surface area contributed by atoms with E-state index in [1.807, 2.05) is 17.5 Å². The Morgan fingerprint density at radius 1 is 1.48 bits per heavy atom. The third-order valence-electron chi connectivity index (χ3n) is 4.01. The van der Waals surface area contributed by atoms with Crippen molar-refractivity contribution in [3.8, 4) is 0 Å². The van der Waals surface area contributed by atoms with Crippen LogP contribution in [0.1, 0.15) is 37.7 Å². The molecule has 2 amide bonds. The summed E-state index contributed by atoms with van der Waals surface area (Å²) < 4.78 is 0. The minimum absolute atomic E-state index is 0.191. The fourth-order valence-corrected chi connectivity index (χ4v) is 3.29. The molecule has 0 aromatic carbocycles. The number of piperidine rings is 1. The molecule has 0 aliphatic carbocycles. The molecule has 0 saturated carbocycles. The van der Waals surface area contributed by atoms with Crippen LogP contribution in [0.4, 0.5) is 4.79 Å². The molecule has 23 heavy (non-hydrogen) atoms. The Morgan fingerprint density at radius 3 is 2.83 bits per heavy atom. The maximum Gasteiger partial charge on any atom is 0.315 e. The zero-order valence-corrected chi connectivity index (χ0v) is 14.7. The second-order valence-corrected chi connectivity index (χ2v) is 7.22. The first-order valence-electron chi connectivity index (χ1n) is 8.16. The Labute approximate surface area is 142 Å². The standard InChI is InChI=1S/C17H27N3O2S/c1-13(2)5-8-20-9-6-14(7-10-20)19-17(22)18-12-15(21)16-4-3-11-23-16/h3-5,11,14-15,21H,6-10,12H2,1-2H3,(H2,18,19,22). The summed E-state index contributed by atoms with van der Waals surface area (Å²) in [6.45, 7) is 7.48. The zero-order chi connectivity index (χ0) is 16.7. The van der Waals surface area contributed by atoms with Crippen LogP contribution < -0.4 is 10.6 Å². The van der Waals surface area contributed by atoms with Gasteiger partial charge in [-0.05, 0) is 38.1 Å². The van der Waals surface area contributed by atoms with Crippen LogP contribution in [0.2, 0.25) is 0 Å². The molecule has 1 atom stereocenters. The molecule has 3 N–H and O–H groups in total. The van der Waals surface area contributed by atoms with Crippen molar-refractivity contribution in [2.45, 2.75) is 38.8 Å². The summed E-state index contributed by atoms with van der Waals surface area (Å²) in [7, 11) is 0. The number of carbonyl (C=O) groups is 1. The molecule has 1 saturated heterocycles. The molecular formula is C17H27N3O2S. The fraction of sp³-hybridized carbons (Fsp3) is 0.588. The van der Waals surface area contributed by atoms with Crippen molar-refractivity contribution in [1.82, 2.24) is 15.5 Å². The number of hydrogen-bond acceptors (Lipinski definition) is 4. The lowest BCUT2D eigenvalue weighted by Gasteiger charge is -2.31. The lowest BCUT2D eigenvalue weighted by molar-refractivity contribution is 0.172. The number of hydrogen-bond donors (Lipinski definition) is 3. The van der Waals surface area contributed by atoms with Gasteiger partial charge in [-0.25, -0.2) is 4.79 Å². The predicted molar refractivity (Wildman–Crippen MR) is 94.7 cm³/mol. The van der Waals surface area contributed by atoms with Crippen molar-refractivity contribution in [1.29, 1.82) is 0 Å². The van der Waals surface area contributed by atoms with Gasteiger partial charge in [-0.3, -0.25) is 4.90 Å². The second-order valence-electron chi connectivity index (χ2n) is 6.24. The summed E-state index contributed by atoms with van der Waals surface area (Å²) in [6.07, 6.45) is 3.55. The third kappa shape index (κ3) is 6.33. The Hall–Kier alpha value is -1.37. The number of nitrogens with zero attached hydrogens (tertiary/aromatic N) is 1. The largest absolute Gasteiger partial charge is 0.386 e. The van der Waals surface area contributed by atoms with Gasteiger partial charge in [0.05, 0.1) is 6.54 Å². The molecule has 6 heteroatoms. The van der Waals surface area contributed by atoms with Crippen molar-refractivity contribution in [2.24, 2.45) is 0 Å². The number of aliphatic hydroxyl groups excluding tert-OH is 1. The number of likely N-dealkylation sites (tertiary alicyclic amines) is 1. The molecular weight excluding hydrogens is 310 g/mol. The Kier molecular flexibility index (Phi) is 7.08. The Balaban J connectivity index is 1.64. The van der Waals surface area contributed by atoms with Crippen molar-refractivity contribution in [3.05, 3.63) is 34.0 Å². The van der Waals surface area contributed by atoms with Gasteiger partial charge in [0.15, 0.2) is 0 Å². The van der Waals surface area contributed by atoms with Gasteiger partial charge in [0, 0.05) is 30.6 Å². The highest BCUT2D eigenvalue weighted by Crippen LogP contribution is 2.17. The lowest BCUT2D eigenvalue weighted by atomic mass is 10.1. The maximum absolute atomic E-state index is 11.9. The predicted octanol–water partition coefficient (Wildman–Crippen LogP) is 2.51. The average Bonchev–Trinajstić information content (AvgIpc) is 3.06. The normalized spacial score (nSPS) is 17.5. The van der Waals surface area contributed by atoms with Crippen LogP contribution in [0.5, 0.6) is 0 Å². The molecule has 1 aromatic heterocycles. The summed E-state index contributed by atoms with van der Waals surface area (Å²) in [4.78, 5) is 15.2. The van der Waals surface area contributed by atoms with E-state index in [4.69, 9.17) is 0 Å². The quantitative estimate of drug-likeness (QED) is 0.699. The van der Waals surface area contributed by atoms with Crippen LogP contribution in [0.3, 0.4) is 0 Å². The second kappa shape index (κ2) is 9.05. The lowest BCUT2D eigenvalue weighted by Crippen LogP contribution is -2.48. The van der Waals surface area contributed by atoms with Crippen molar-refractivity contribution >= 4 is 17.4 Å². The third-order valence-corrected chi connectivity index (χ3v) is 4.98. The van der Waals surface area contributed by atoms with Gasteiger partial charge in [-0.2, -0.15) is 0 Å². The molecule has 2 heterocycles. The molecule has 0 spiro atoms. The van der Waals surface area contributed by atoms with Gasteiger partial charge in [0.1, 0.15) is 6.10 Å². The molecule has 1 aliphatic heterocycles. The van der Waals surface area contributed by atoms with Gasteiger partial charge in [-0.1, -0.05) is 17.7 Å². The topological polar surface area (TPSA) is 64.6 Å². The molecule has 128 valence electrons. The van der Waals surface area contributed by atoms with E-state index in [1.165, 1.54) is 16.9 Å². The Morgan fingerprint density at radius 2 is 2.22 bits per heavy atom. The summed E-state index contributed by atoms with van der Waals surface area (Å²) in [5.74, 6) is 0. The minimum atomic E-state index is -0.633. The molecule has 2 rings (SSSR count).